The Bertz CT molecular complexity index is 886. The van der Waals surface area contributed by atoms with Crippen LogP contribution in [0.25, 0.3) is 10.4 Å². The highest BCUT2D eigenvalue weighted by Crippen LogP contribution is 2.29. The standard InChI is InChI=1S/C16H18N6O6/c17-20-19-11-5-6-12(13(10-11)22(26)27)18-9-3-1-2-4-16(25)28-21-14(23)7-8-15(21)24/h5-8,10,18,23-24H,1-4,9H2. The van der Waals surface area contributed by atoms with Crippen LogP contribution in [0.4, 0.5) is 17.1 Å². The van der Waals surface area contributed by atoms with Crippen molar-refractivity contribution in [2.24, 2.45) is 5.11 Å². The number of aromatic nitrogens is 1. The van der Waals surface area contributed by atoms with Gasteiger partial charge in [-0.3, -0.25) is 10.1 Å². The molecule has 0 aliphatic rings. The quantitative estimate of drug-likeness (QED) is 0.139. The van der Waals surface area contributed by atoms with Gasteiger partial charge in [0.1, 0.15) is 5.69 Å². The maximum Gasteiger partial charge on any atom is 0.333 e. The molecule has 0 bridgehead atoms. The number of nitrogens with one attached hydrogen (secondary N) is 1. The summed E-state index contributed by atoms with van der Waals surface area (Å²) in [6.45, 7) is 0.440. The fourth-order valence-corrected chi connectivity index (χ4v) is 2.37. The van der Waals surface area contributed by atoms with E-state index >= 15 is 0 Å². The van der Waals surface area contributed by atoms with Crippen LogP contribution in [0.2, 0.25) is 0 Å². The van der Waals surface area contributed by atoms with Crippen molar-refractivity contribution >= 4 is 23.0 Å². The average molecular weight is 390 g/mol. The van der Waals surface area contributed by atoms with Crippen molar-refractivity contribution in [2.45, 2.75) is 25.7 Å². The first-order chi connectivity index (χ1) is 13.4. The third kappa shape index (κ3) is 5.54. The van der Waals surface area contributed by atoms with E-state index in [9.17, 15) is 25.1 Å². The van der Waals surface area contributed by atoms with E-state index in [0.717, 1.165) is 0 Å². The van der Waals surface area contributed by atoms with Crippen LogP contribution < -0.4 is 10.2 Å². The van der Waals surface area contributed by atoms with Gasteiger partial charge in [0.05, 0.1) is 4.92 Å². The Morgan fingerprint density at radius 2 is 1.96 bits per heavy atom. The molecule has 1 aromatic carbocycles. The Morgan fingerprint density at radius 1 is 1.25 bits per heavy atom. The zero-order valence-electron chi connectivity index (χ0n) is 14.7. The molecule has 12 nitrogen and oxygen atoms in total. The molecule has 0 unspecified atom stereocenters. The van der Waals surface area contributed by atoms with Gasteiger partial charge in [-0.1, -0.05) is 17.6 Å². The lowest BCUT2D eigenvalue weighted by Gasteiger charge is -2.08. The minimum atomic E-state index is -0.612. The summed E-state index contributed by atoms with van der Waals surface area (Å²) in [5.74, 6) is -1.38. The second-order valence-corrected chi connectivity index (χ2v) is 5.69. The fraction of sp³-hybridized carbons (Fsp3) is 0.312. The molecule has 2 aromatic rings. The van der Waals surface area contributed by atoms with Crippen LogP contribution in [0.1, 0.15) is 25.7 Å². The zero-order valence-corrected chi connectivity index (χ0v) is 14.7. The van der Waals surface area contributed by atoms with Crippen molar-refractivity contribution in [3.8, 4) is 11.8 Å². The van der Waals surface area contributed by atoms with E-state index in [1.54, 1.807) is 0 Å². The van der Waals surface area contributed by atoms with Gasteiger partial charge in [0.25, 0.3) is 5.69 Å². The van der Waals surface area contributed by atoms with Crippen LogP contribution in [0.3, 0.4) is 0 Å². The molecule has 0 atom stereocenters. The van der Waals surface area contributed by atoms with Gasteiger partial charge in [-0.15, -0.1) is 4.73 Å². The lowest BCUT2D eigenvalue weighted by atomic mass is 10.2. The topological polar surface area (TPSA) is 176 Å². The minimum absolute atomic E-state index is 0.0814. The molecule has 0 fully saturated rings. The Labute approximate surface area is 158 Å². The number of aromatic hydroxyl groups is 2. The average Bonchev–Trinajstić information content (AvgIpc) is 2.97. The van der Waals surface area contributed by atoms with Crippen LogP contribution in [-0.2, 0) is 4.79 Å². The van der Waals surface area contributed by atoms with Crippen LogP contribution in [0.5, 0.6) is 11.8 Å². The Balaban J connectivity index is 1.74. The number of unbranched alkanes of at least 4 members (excludes halogenated alkanes) is 2. The van der Waals surface area contributed by atoms with Crippen LogP contribution in [0.15, 0.2) is 35.4 Å². The van der Waals surface area contributed by atoms with Gasteiger partial charge in [-0.25, -0.2) is 4.79 Å². The maximum atomic E-state index is 11.7. The number of rotatable bonds is 10. The molecule has 12 heteroatoms. The monoisotopic (exact) mass is 390 g/mol. The summed E-state index contributed by atoms with van der Waals surface area (Å²) >= 11 is 0. The molecule has 1 heterocycles. The summed E-state index contributed by atoms with van der Waals surface area (Å²) in [4.78, 5) is 29.6. The van der Waals surface area contributed by atoms with Gasteiger partial charge in [-0.2, -0.15) is 0 Å². The van der Waals surface area contributed by atoms with Crippen molar-refractivity contribution in [3.63, 3.8) is 0 Å². The van der Waals surface area contributed by atoms with Crippen LogP contribution in [0, 0.1) is 10.1 Å². The van der Waals surface area contributed by atoms with Gasteiger partial charge in [0.15, 0.2) is 0 Å². The summed E-state index contributed by atoms with van der Waals surface area (Å²) in [6.07, 6.45) is 1.87. The number of hydrogen-bond donors (Lipinski definition) is 3. The SMILES string of the molecule is [N-]=[N+]=Nc1ccc(NCCCCCC(=O)On2c(O)ccc2O)c([N+](=O)[O-])c1. The minimum Gasteiger partial charge on any atom is -0.492 e. The van der Waals surface area contributed by atoms with Gasteiger partial charge in [0.2, 0.25) is 11.8 Å². The van der Waals surface area contributed by atoms with E-state index in [1.165, 1.54) is 30.3 Å². The smallest absolute Gasteiger partial charge is 0.333 e. The summed E-state index contributed by atoms with van der Waals surface area (Å²) in [5.41, 5.74) is 8.66. The molecule has 0 aliphatic heterocycles. The third-order valence-corrected chi connectivity index (χ3v) is 3.70. The van der Waals surface area contributed by atoms with Gasteiger partial charge in [0, 0.05) is 41.8 Å². The van der Waals surface area contributed by atoms with E-state index in [2.05, 4.69) is 15.3 Å². The van der Waals surface area contributed by atoms with E-state index < -0.39 is 10.9 Å². The Morgan fingerprint density at radius 3 is 2.61 bits per heavy atom. The lowest BCUT2D eigenvalue weighted by molar-refractivity contribution is -0.383. The van der Waals surface area contributed by atoms with Crippen LogP contribution >= 0.6 is 0 Å². The summed E-state index contributed by atoms with van der Waals surface area (Å²) < 4.78 is 0.628. The molecule has 0 saturated carbocycles. The van der Waals surface area contributed by atoms with E-state index in [0.29, 0.717) is 36.2 Å². The largest absolute Gasteiger partial charge is 0.492 e. The maximum absolute atomic E-state index is 11.7. The van der Waals surface area contributed by atoms with E-state index in [-0.39, 0.29) is 29.6 Å². The molecular formula is C16H18N6O6. The van der Waals surface area contributed by atoms with Crippen molar-refractivity contribution in [1.29, 1.82) is 0 Å². The number of azide groups is 1. The summed E-state index contributed by atoms with van der Waals surface area (Å²) in [5, 5.41) is 36.2. The normalized spacial score (nSPS) is 10.1. The first-order valence-electron chi connectivity index (χ1n) is 8.30. The number of nitro benzene ring substituents is 1. The van der Waals surface area contributed by atoms with Gasteiger partial charge < -0.3 is 20.4 Å². The Kier molecular flexibility index (Phi) is 7.06. The highest BCUT2D eigenvalue weighted by atomic mass is 16.7. The summed E-state index contributed by atoms with van der Waals surface area (Å²) in [7, 11) is 0. The highest BCUT2D eigenvalue weighted by Gasteiger charge is 2.14. The third-order valence-electron chi connectivity index (χ3n) is 3.70. The molecule has 28 heavy (non-hydrogen) atoms. The molecule has 0 radical (unpaired) electrons. The number of carbonyl (C=O) groups is 1. The number of carbonyl (C=O) groups excluding carboxylic acids is 1. The van der Waals surface area contributed by atoms with E-state index in [1.807, 2.05) is 0 Å². The Hall–Kier alpha value is -3.92. The molecule has 0 amide bonds. The second-order valence-electron chi connectivity index (χ2n) is 5.69. The molecule has 2 rings (SSSR count). The zero-order chi connectivity index (χ0) is 20.5. The lowest BCUT2D eigenvalue weighted by Crippen LogP contribution is -2.18. The van der Waals surface area contributed by atoms with Gasteiger partial charge in [-0.05, 0) is 24.4 Å². The predicted octanol–water partition coefficient (Wildman–Crippen LogP) is 3.38. The number of hydrogen-bond acceptors (Lipinski definition) is 8. The molecular weight excluding hydrogens is 372 g/mol. The van der Waals surface area contributed by atoms with E-state index in [4.69, 9.17) is 10.4 Å². The van der Waals surface area contributed by atoms with Crippen molar-refractivity contribution < 1.29 is 24.8 Å². The highest BCUT2D eigenvalue weighted by molar-refractivity contribution is 5.70. The second kappa shape index (κ2) is 9.69. The first-order valence-corrected chi connectivity index (χ1v) is 8.30. The van der Waals surface area contributed by atoms with Gasteiger partial charge >= 0.3 is 5.97 Å². The number of benzene rings is 1. The molecule has 0 saturated heterocycles. The summed E-state index contributed by atoms with van der Waals surface area (Å²) in [6, 6.07) is 6.50. The molecule has 0 spiro atoms. The van der Waals surface area contributed by atoms with Crippen LogP contribution in [-0.4, -0.2) is 32.4 Å². The van der Waals surface area contributed by atoms with Crippen molar-refractivity contribution in [3.05, 3.63) is 50.9 Å². The fourth-order valence-electron chi connectivity index (χ4n) is 2.37. The number of nitrogens with zero attached hydrogens (tertiary/aromatic N) is 5. The number of nitro groups is 1. The van der Waals surface area contributed by atoms with Crippen molar-refractivity contribution in [2.75, 3.05) is 11.9 Å². The molecule has 148 valence electrons. The molecule has 1 aromatic heterocycles. The first kappa shape index (κ1) is 20.4. The number of anilines is 1. The molecule has 3 N–H and O–H groups in total. The molecule has 0 aliphatic carbocycles. The predicted molar refractivity (Wildman–Crippen MR) is 98.2 cm³/mol. The van der Waals surface area contributed by atoms with Crippen molar-refractivity contribution in [1.82, 2.24) is 4.73 Å².